The number of nitrogens with one attached hydrogen (secondary N) is 1. The number of rotatable bonds is 8. The molecule has 1 aromatic carbocycles. The summed E-state index contributed by atoms with van der Waals surface area (Å²) in [7, 11) is -4.22. The molecule has 120 valence electrons. The Balaban J connectivity index is 2.67. The quantitative estimate of drug-likeness (QED) is 0.663. The molecule has 0 fully saturated rings. The zero-order valence-corrected chi connectivity index (χ0v) is 13.7. The molecular formula is C12H21N3O4S2. The highest BCUT2D eigenvalue weighted by Crippen LogP contribution is 2.11. The van der Waals surface area contributed by atoms with E-state index >= 15 is 0 Å². The van der Waals surface area contributed by atoms with Crippen LogP contribution in [0.25, 0.3) is 0 Å². The number of nitrogens with two attached hydrogens (primary N) is 1. The molecule has 0 bridgehead atoms. The Hall–Kier alpha value is -1.00. The largest absolute Gasteiger partial charge is 0.326 e. The van der Waals surface area contributed by atoms with E-state index in [1.807, 2.05) is 0 Å². The van der Waals surface area contributed by atoms with Crippen LogP contribution in [-0.4, -0.2) is 47.5 Å². The summed E-state index contributed by atoms with van der Waals surface area (Å²) in [6.07, 6.45) is 0. The second-order valence-corrected chi connectivity index (χ2v) is 8.83. The van der Waals surface area contributed by atoms with E-state index < -0.39 is 20.0 Å². The molecule has 0 amide bonds. The lowest BCUT2D eigenvalue weighted by molar-refractivity contribution is 0.519. The van der Waals surface area contributed by atoms with Crippen LogP contribution in [0.5, 0.6) is 0 Å². The first kappa shape index (κ1) is 18.1. The van der Waals surface area contributed by atoms with Gasteiger partial charge in [-0.1, -0.05) is 24.3 Å². The van der Waals surface area contributed by atoms with Crippen LogP contribution in [-0.2, 0) is 32.3 Å². The highest BCUT2D eigenvalue weighted by atomic mass is 32.2. The summed E-state index contributed by atoms with van der Waals surface area (Å²) in [6, 6.07) is 6.98. The van der Waals surface area contributed by atoms with Crippen molar-refractivity contribution in [3.8, 4) is 0 Å². The molecule has 0 atom stereocenters. The van der Waals surface area contributed by atoms with Gasteiger partial charge in [0.1, 0.15) is 0 Å². The standard InChI is InChI=1S/C12H21N3O4S2/c1-15(2)21(18,19)8-7-14-20(16,17)10-12-6-4-3-5-11(12)9-13/h3-6,14H,7-10,13H2,1-2H3. The average Bonchev–Trinajstić information content (AvgIpc) is 2.38. The Morgan fingerprint density at radius 1 is 1.10 bits per heavy atom. The molecule has 0 saturated heterocycles. The highest BCUT2D eigenvalue weighted by Gasteiger charge is 2.17. The van der Waals surface area contributed by atoms with Crippen LogP contribution >= 0.6 is 0 Å². The van der Waals surface area contributed by atoms with Crippen molar-refractivity contribution in [2.24, 2.45) is 5.73 Å². The van der Waals surface area contributed by atoms with Crippen molar-refractivity contribution in [1.29, 1.82) is 0 Å². The molecule has 0 radical (unpaired) electrons. The van der Waals surface area contributed by atoms with E-state index in [1.54, 1.807) is 24.3 Å². The van der Waals surface area contributed by atoms with Gasteiger partial charge in [0.15, 0.2) is 0 Å². The Bertz CT molecular complexity index is 669. The number of hydrogen-bond acceptors (Lipinski definition) is 5. The van der Waals surface area contributed by atoms with Crippen LogP contribution in [0.4, 0.5) is 0 Å². The molecule has 0 heterocycles. The Morgan fingerprint density at radius 2 is 1.67 bits per heavy atom. The second kappa shape index (κ2) is 7.32. The van der Waals surface area contributed by atoms with Crippen LogP contribution < -0.4 is 10.5 Å². The Kier molecular flexibility index (Phi) is 6.29. The van der Waals surface area contributed by atoms with Crippen LogP contribution in [0.3, 0.4) is 0 Å². The van der Waals surface area contributed by atoms with Crippen molar-refractivity contribution in [2.75, 3.05) is 26.4 Å². The average molecular weight is 335 g/mol. The molecule has 0 aliphatic rings. The number of sulfonamides is 2. The van der Waals surface area contributed by atoms with Gasteiger partial charge in [0.05, 0.1) is 11.5 Å². The summed E-state index contributed by atoms with van der Waals surface area (Å²) in [6.45, 7) is 0.0916. The van der Waals surface area contributed by atoms with E-state index in [0.29, 0.717) is 5.56 Å². The third-order valence-electron chi connectivity index (χ3n) is 2.92. The van der Waals surface area contributed by atoms with Gasteiger partial charge in [0, 0.05) is 27.2 Å². The SMILES string of the molecule is CN(C)S(=O)(=O)CCNS(=O)(=O)Cc1ccccc1CN. The van der Waals surface area contributed by atoms with E-state index in [9.17, 15) is 16.8 Å². The molecule has 0 saturated carbocycles. The molecule has 0 unspecified atom stereocenters. The maximum absolute atomic E-state index is 12.0. The number of nitrogens with zero attached hydrogens (tertiary/aromatic N) is 1. The molecule has 7 nitrogen and oxygen atoms in total. The molecule has 3 N–H and O–H groups in total. The maximum atomic E-state index is 12.0. The van der Waals surface area contributed by atoms with E-state index in [4.69, 9.17) is 5.73 Å². The van der Waals surface area contributed by atoms with Gasteiger partial charge in [-0.2, -0.15) is 0 Å². The van der Waals surface area contributed by atoms with Gasteiger partial charge >= 0.3 is 0 Å². The predicted octanol–water partition coefficient (Wildman–Crippen LogP) is -0.544. The number of benzene rings is 1. The molecule has 0 aliphatic carbocycles. The van der Waals surface area contributed by atoms with Gasteiger partial charge in [-0.3, -0.25) is 0 Å². The van der Waals surface area contributed by atoms with Crippen LogP contribution in [0, 0.1) is 0 Å². The fraction of sp³-hybridized carbons (Fsp3) is 0.500. The van der Waals surface area contributed by atoms with Gasteiger partial charge < -0.3 is 5.73 Å². The van der Waals surface area contributed by atoms with E-state index in [2.05, 4.69) is 4.72 Å². The van der Waals surface area contributed by atoms with Gasteiger partial charge in [0.2, 0.25) is 20.0 Å². The molecule has 9 heteroatoms. The first-order chi connectivity index (χ1) is 9.68. The van der Waals surface area contributed by atoms with Gasteiger partial charge in [-0.25, -0.2) is 25.9 Å². The minimum absolute atomic E-state index is 0.159. The smallest absolute Gasteiger partial charge is 0.215 e. The summed E-state index contributed by atoms with van der Waals surface area (Å²) < 4.78 is 50.4. The van der Waals surface area contributed by atoms with E-state index in [1.165, 1.54) is 14.1 Å². The molecule has 1 rings (SSSR count). The van der Waals surface area contributed by atoms with Crippen LogP contribution in [0.15, 0.2) is 24.3 Å². The third kappa shape index (κ3) is 5.71. The van der Waals surface area contributed by atoms with Gasteiger partial charge in [-0.05, 0) is 11.1 Å². The number of hydrogen-bond donors (Lipinski definition) is 2. The maximum Gasteiger partial charge on any atom is 0.215 e. The topological polar surface area (TPSA) is 110 Å². The lowest BCUT2D eigenvalue weighted by Gasteiger charge is -2.12. The molecule has 0 aromatic heterocycles. The first-order valence-electron chi connectivity index (χ1n) is 6.32. The van der Waals surface area contributed by atoms with Crippen molar-refractivity contribution in [3.05, 3.63) is 35.4 Å². The summed E-state index contributed by atoms with van der Waals surface area (Å²) in [5.41, 5.74) is 6.93. The fourth-order valence-corrected chi connectivity index (χ4v) is 3.72. The summed E-state index contributed by atoms with van der Waals surface area (Å²) in [5.74, 6) is -0.500. The minimum atomic E-state index is -3.60. The zero-order chi connectivity index (χ0) is 16.1. The van der Waals surface area contributed by atoms with Crippen molar-refractivity contribution in [2.45, 2.75) is 12.3 Å². The van der Waals surface area contributed by atoms with E-state index in [0.717, 1.165) is 9.87 Å². The van der Waals surface area contributed by atoms with E-state index in [-0.39, 0.29) is 24.6 Å². The normalized spacial score (nSPS) is 12.8. The van der Waals surface area contributed by atoms with Gasteiger partial charge in [-0.15, -0.1) is 0 Å². The van der Waals surface area contributed by atoms with Crippen molar-refractivity contribution < 1.29 is 16.8 Å². The van der Waals surface area contributed by atoms with Crippen LogP contribution in [0.2, 0.25) is 0 Å². The fourth-order valence-electron chi connectivity index (χ4n) is 1.66. The van der Waals surface area contributed by atoms with Crippen molar-refractivity contribution in [1.82, 2.24) is 9.03 Å². The summed E-state index contributed by atoms with van der Waals surface area (Å²) in [5, 5.41) is 0. The highest BCUT2D eigenvalue weighted by molar-refractivity contribution is 7.89. The molecule has 0 spiro atoms. The summed E-state index contributed by atoms with van der Waals surface area (Å²) >= 11 is 0. The van der Waals surface area contributed by atoms with Gasteiger partial charge in [0.25, 0.3) is 0 Å². The molecule has 21 heavy (non-hydrogen) atoms. The Morgan fingerprint density at radius 3 is 2.19 bits per heavy atom. The Labute approximate surface area is 126 Å². The van der Waals surface area contributed by atoms with Crippen molar-refractivity contribution >= 4 is 20.0 Å². The lowest BCUT2D eigenvalue weighted by atomic mass is 10.1. The second-order valence-electron chi connectivity index (χ2n) is 4.72. The predicted molar refractivity (Wildman–Crippen MR) is 82.4 cm³/mol. The first-order valence-corrected chi connectivity index (χ1v) is 9.58. The minimum Gasteiger partial charge on any atom is -0.326 e. The van der Waals surface area contributed by atoms with Crippen molar-refractivity contribution in [3.63, 3.8) is 0 Å². The zero-order valence-electron chi connectivity index (χ0n) is 12.1. The molecule has 0 aliphatic heterocycles. The van der Waals surface area contributed by atoms with Crippen LogP contribution in [0.1, 0.15) is 11.1 Å². The molecule has 1 aromatic rings. The molecular weight excluding hydrogens is 314 g/mol. The lowest BCUT2D eigenvalue weighted by Crippen LogP contribution is -2.34. The monoisotopic (exact) mass is 335 g/mol. The summed E-state index contributed by atoms with van der Waals surface area (Å²) in [4.78, 5) is 0. The third-order valence-corrected chi connectivity index (χ3v) is 6.09.